The minimum absolute atomic E-state index is 0.0622. The molecule has 2 aromatic carbocycles. The molecule has 0 fully saturated rings. The molecule has 26 heavy (non-hydrogen) atoms. The number of likely N-dealkylation sites (N-methyl/N-ethyl adjacent to an activating group) is 1. The van der Waals surface area contributed by atoms with Gasteiger partial charge >= 0.3 is 0 Å². The SMILES string of the molecule is Cc1ccc(CC(=O)N2CCN(C)c3nc4ccccc4nc32)cc1C. The third kappa shape index (κ3) is 2.90. The summed E-state index contributed by atoms with van der Waals surface area (Å²) in [7, 11) is 1.99. The Hall–Kier alpha value is -2.95. The Morgan fingerprint density at radius 2 is 1.65 bits per heavy atom. The minimum atomic E-state index is 0.0622. The van der Waals surface area contributed by atoms with Crippen LogP contribution in [-0.4, -0.2) is 36.0 Å². The number of hydrogen-bond donors (Lipinski definition) is 0. The van der Waals surface area contributed by atoms with E-state index in [1.807, 2.05) is 37.4 Å². The van der Waals surface area contributed by atoms with Crippen molar-refractivity contribution in [1.82, 2.24) is 9.97 Å². The molecule has 0 bridgehead atoms. The summed E-state index contributed by atoms with van der Waals surface area (Å²) in [5.41, 5.74) is 5.14. The molecule has 3 aromatic rings. The fourth-order valence-corrected chi connectivity index (χ4v) is 3.31. The molecule has 0 spiro atoms. The topological polar surface area (TPSA) is 49.3 Å². The van der Waals surface area contributed by atoms with E-state index in [0.29, 0.717) is 18.8 Å². The number of aryl methyl sites for hydroxylation is 2. The first-order chi connectivity index (χ1) is 12.5. The van der Waals surface area contributed by atoms with Gasteiger partial charge in [-0.15, -0.1) is 0 Å². The summed E-state index contributed by atoms with van der Waals surface area (Å²) in [5.74, 6) is 1.49. The van der Waals surface area contributed by atoms with Gasteiger partial charge in [0, 0.05) is 20.1 Å². The van der Waals surface area contributed by atoms with Gasteiger partial charge in [0.25, 0.3) is 0 Å². The van der Waals surface area contributed by atoms with Gasteiger partial charge in [-0.05, 0) is 42.7 Å². The van der Waals surface area contributed by atoms with Crippen LogP contribution in [0.25, 0.3) is 11.0 Å². The number of carbonyl (C=O) groups is 1. The van der Waals surface area contributed by atoms with Gasteiger partial charge in [0.15, 0.2) is 11.6 Å². The lowest BCUT2D eigenvalue weighted by atomic mass is 10.0. The van der Waals surface area contributed by atoms with E-state index in [1.54, 1.807) is 4.90 Å². The second-order valence-corrected chi connectivity index (χ2v) is 6.92. The second kappa shape index (κ2) is 6.41. The average Bonchev–Trinajstić information content (AvgIpc) is 2.64. The zero-order chi connectivity index (χ0) is 18.3. The molecule has 0 aliphatic carbocycles. The summed E-state index contributed by atoms with van der Waals surface area (Å²) < 4.78 is 0. The van der Waals surface area contributed by atoms with Crippen LogP contribution in [0, 0.1) is 13.8 Å². The lowest BCUT2D eigenvalue weighted by Crippen LogP contribution is -2.44. The van der Waals surface area contributed by atoms with E-state index in [4.69, 9.17) is 9.97 Å². The highest BCUT2D eigenvalue weighted by Crippen LogP contribution is 2.31. The molecule has 0 saturated heterocycles. The van der Waals surface area contributed by atoms with Crippen molar-refractivity contribution in [1.29, 1.82) is 0 Å². The molecule has 0 atom stereocenters. The van der Waals surface area contributed by atoms with Crippen LogP contribution in [0.15, 0.2) is 42.5 Å². The Morgan fingerprint density at radius 1 is 0.962 bits per heavy atom. The van der Waals surface area contributed by atoms with E-state index in [2.05, 4.69) is 30.9 Å². The quantitative estimate of drug-likeness (QED) is 0.715. The van der Waals surface area contributed by atoms with Gasteiger partial charge in [-0.25, -0.2) is 9.97 Å². The van der Waals surface area contributed by atoms with Crippen LogP contribution >= 0.6 is 0 Å². The minimum Gasteiger partial charge on any atom is -0.355 e. The number of amides is 1. The molecule has 0 radical (unpaired) electrons. The zero-order valence-electron chi connectivity index (χ0n) is 15.4. The molecule has 1 aromatic heterocycles. The predicted molar refractivity (Wildman–Crippen MR) is 105 cm³/mol. The van der Waals surface area contributed by atoms with Crippen molar-refractivity contribution >= 4 is 28.6 Å². The molecule has 2 heterocycles. The fraction of sp³-hybridized carbons (Fsp3) is 0.286. The standard InChI is InChI=1S/C21H22N4O/c1-14-8-9-16(12-15(14)2)13-19(26)25-11-10-24(3)20-21(25)23-18-7-5-4-6-17(18)22-20/h4-9,12H,10-11,13H2,1-3H3. The molecule has 4 rings (SSSR count). The molecule has 0 N–H and O–H groups in total. The van der Waals surface area contributed by atoms with E-state index in [-0.39, 0.29) is 5.91 Å². The normalized spacial score (nSPS) is 13.8. The van der Waals surface area contributed by atoms with E-state index in [1.165, 1.54) is 11.1 Å². The van der Waals surface area contributed by atoms with Gasteiger partial charge in [0.1, 0.15) is 0 Å². The van der Waals surface area contributed by atoms with Crippen molar-refractivity contribution in [2.45, 2.75) is 20.3 Å². The first kappa shape index (κ1) is 16.5. The average molecular weight is 346 g/mol. The summed E-state index contributed by atoms with van der Waals surface area (Å²) in [6, 6.07) is 14.0. The first-order valence-corrected chi connectivity index (χ1v) is 8.87. The maximum absolute atomic E-state index is 13.0. The Morgan fingerprint density at radius 3 is 2.35 bits per heavy atom. The summed E-state index contributed by atoms with van der Waals surface area (Å²) in [5, 5.41) is 0. The van der Waals surface area contributed by atoms with E-state index in [0.717, 1.165) is 29.0 Å². The summed E-state index contributed by atoms with van der Waals surface area (Å²) >= 11 is 0. The number of aromatic nitrogens is 2. The lowest BCUT2D eigenvalue weighted by molar-refractivity contribution is -0.118. The number of anilines is 2. The molecule has 1 aliphatic rings. The van der Waals surface area contributed by atoms with Crippen molar-refractivity contribution in [3.05, 3.63) is 59.2 Å². The number of fused-ring (bicyclic) bond motifs is 2. The highest BCUT2D eigenvalue weighted by Gasteiger charge is 2.28. The van der Waals surface area contributed by atoms with Crippen LogP contribution in [-0.2, 0) is 11.2 Å². The van der Waals surface area contributed by atoms with Gasteiger partial charge < -0.3 is 4.90 Å². The van der Waals surface area contributed by atoms with Gasteiger partial charge in [0.05, 0.1) is 17.5 Å². The molecule has 5 nitrogen and oxygen atoms in total. The molecule has 1 amide bonds. The Labute approximate surface area is 153 Å². The maximum Gasteiger partial charge on any atom is 0.232 e. The predicted octanol–water partition coefficient (Wildman–Crippen LogP) is 3.27. The van der Waals surface area contributed by atoms with Crippen molar-refractivity contribution in [3.8, 4) is 0 Å². The van der Waals surface area contributed by atoms with Crippen molar-refractivity contribution in [2.24, 2.45) is 0 Å². The molecule has 0 saturated carbocycles. The van der Waals surface area contributed by atoms with Crippen molar-refractivity contribution in [2.75, 3.05) is 29.9 Å². The summed E-state index contributed by atoms with van der Waals surface area (Å²) in [4.78, 5) is 26.3. The first-order valence-electron chi connectivity index (χ1n) is 8.87. The number of rotatable bonds is 2. The van der Waals surface area contributed by atoms with Gasteiger partial charge in [-0.2, -0.15) is 0 Å². The number of carbonyl (C=O) groups excluding carboxylic acids is 1. The molecular weight excluding hydrogens is 324 g/mol. The monoisotopic (exact) mass is 346 g/mol. The molecular formula is C21H22N4O. The van der Waals surface area contributed by atoms with E-state index < -0.39 is 0 Å². The fourth-order valence-electron chi connectivity index (χ4n) is 3.31. The largest absolute Gasteiger partial charge is 0.355 e. The van der Waals surface area contributed by atoms with Crippen LogP contribution in [0.2, 0.25) is 0 Å². The van der Waals surface area contributed by atoms with Crippen molar-refractivity contribution < 1.29 is 4.79 Å². The molecule has 5 heteroatoms. The Kier molecular flexibility index (Phi) is 4.07. The smallest absolute Gasteiger partial charge is 0.232 e. The molecule has 1 aliphatic heterocycles. The second-order valence-electron chi connectivity index (χ2n) is 6.92. The van der Waals surface area contributed by atoms with E-state index >= 15 is 0 Å². The van der Waals surface area contributed by atoms with Crippen LogP contribution in [0.3, 0.4) is 0 Å². The van der Waals surface area contributed by atoms with Crippen molar-refractivity contribution in [3.63, 3.8) is 0 Å². The third-order valence-corrected chi connectivity index (χ3v) is 5.04. The van der Waals surface area contributed by atoms with Gasteiger partial charge in [0.2, 0.25) is 5.91 Å². The molecule has 132 valence electrons. The highest BCUT2D eigenvalue weighted by atomic mass is 16.2. The summed E-state index contributed by atoms with van der Waals surface area (Å²) in [6.07, 6.45) is 0.374. The van der Waals surface area contributed by atoms with E-state index in [9.17, 15) is 4.79 Å². The summed E-state index contributed by atoms with van der Waals surface area (Å²) in [6.45, 7) is 5.53. The number of nitrogens with zero attached hydrogens (tertiary/aromatic N) is 4. The Balaban J connectivity index is 1.69. The third-order valence-electron chi connectivity index (χ3n) is 5.04. The number of hydrogen-bond acceptors (Lipinski definition) is 4. The Bertz CT molecular complexity index is 998. The van der Waals surface area contributed by atoms with Crippen LogP contribution in [0.5, 0.6) is 0 Å². The lowest BCUT2D eigenvalue weighted by Gasteiger charge is -2.33. The zero-order valence-corrected chi connectivity index (χ0v) is 15.4. The highest BCUT2D eigenvalue weighted by molar-refractivity contribution is 5.98. The van der Waals surface area contributed by atoms with Gasteiger partial charge in [-0.1, -0.05) is 30.3 Å². The van der Waals surface area contributed by atoms with Crippen LogP contribution < -0.4 is 9.80 Å². The molecule has 0 unspecified atom stereocenters. The number of para-hydroxylation sites is 2. The maximum atomic E-state index is 13.0. The van der Waals surface area contributed by atoms with Gasteiger partial charge in [-0.3, -0.25) is 9.69 Å². The van der Waals surface area contributed by atoms with Crippen LogP contribution in [0.4, 0.5) is 11.6 Å². The number of benzene rings is 2. The van der Waals surface area contributed by atoms with Crippen LogP contribution in [0.1, 0.15) is 16.7 Å².